The van der Waals surface area contributed by atoms with Crippen molar-refractivity contribution in [1.29, 1.82) is 0 Å². The lowest BCUT2D eigenvalue weighted by molar-refractivity contribution is -0.137. The average molecular weight is 204 g/mol. The molecular weight excluding hydrogens is 193 g/mol. The van der Waals surface area contributed by atoms with Crippen LogP contribution in [0.1, 0.15) is 17.2 Å². The molecule has 78 valence electrons. The quantitative estimate of drug-likeness (QED) is 0.769. The van der Waals surface area contributed by atoms with Crippen molar-refractivity contribution in [2.75, 3.05) is 6.54 Å². The van der Waals surface area contributed by atoms with Crippen molar-refractivity contribution in [2.24, 2.45) is 11.5 Å². The Morgan fingerprint density at radius 3 is 2.00 bits per heavy atom. The van der Waals surface area contributed by atoms with Gasteiger partial charge in [-0.3, -0.25) is 0 Å². The highest BCUT2D eigenvalue weighted by Gasteiger charge is 2.30. The van der Waals surface area contributed by atoms with Gasteiger partial charge in [0.2, 0.25) is 0 Å². The van der Waals surface area contributed by atoms with Crippen LogP contribution in [0.15, 0.2) is 24.3 Å². The molecule has 0 fully saturated rings. The monoisotopic (exact) mass is 204 g/mol. The van der Waals surface area contributed by atoms with E-state index < -0.39 is 17.8 Å². The first-order valence-electron chi connectivity index (χ1n) is 4.08. The van der Waals surface area contributed by atoms with Gasteiger partial charge in [0.1, 0.15) is 0 Å². The first-order chi connectivity index (χ1) is 6.45. The van der Waals surface area contributed by atoms with Crippen LogP contribution in [0.3, 0.4) is 0 Å². The number of halogens is 3. The maximum atomic E-state index is 12.1. The standard InChI is InChI=1S/C9H11F3N2/c10-9(11,12)7-3-1-6(2-4-7)8(14)5-13/h1-4,8H,5,13-14H2/t8-/m0/s1. The molecule has 14 heavy (non-hydrogen) atoms. The minimum absolute atomic E-state index is 0.214. The highest BCUT2D eigenvalue weighted by molar-refractivity contribution is 5.26. The minimum Gasteiger partial charge on any atom is -0.329 e. The number of nitrogens with two attached hydrogens (primary N) is 2. The van der Waals surface area contributed by atoms with E-state index in [2.05, 4.69) is 0 Å². The van der Waals surface area contributed by atoms with Crippen LogP contribution in [-0.2, 0) is 6.18 Å². The maximum Gasteiger partial charge on any atom is 0.416 e. The van der Waals surface area contributed by atoms with Gasteiger partial charge in [-0.15, -0.1) is 0 Å². The molecule has 0 radical (unpaired) electrons. The first-order valence-corrected chi connectivity index (χ1v) is 4.08. The van der Waals surface area contributed by atoms with Gasteiger partial charge in [0.15, 0.2) is 0 Å². The van der Waals surface area contributed by atoms with Crippen molar-refractivity contribution in [3.05, 3.63) is 35.4 Å². The van der Waals surface area contributed by atoms with Gasteiger partial charge >= 0.3 is 6.18 Å². The van der Waals surface area contributed by atoms with Crippen molar-refractivity contribution in [1.82, 2.24) is 0 Å². The van der Waals surface area contributed by atoms with E-state index in [1.165, 1.54) is 12.1 Å². The summed E-state index contributed by atoms with van der Waals surface area (Å²) in [5.74, 6) is 0. The Hall–Kier alpha value is -1.07. The van der Waals surface area contributed by atoms with Crippen LogP contribution in [0, 0.1) is 0 Å². The summed E-state index contributed by atoms with van der Waals surface area (Å²) in [6.07, 6.45) is -4.30. The Morgan fingerprint density at radius 2 is 1.64 bits per heavy atom. The fourth-order valence-corrected chi connectivity index (χ4v) is 1.06. The van der Waals surface area contributed by atoms with Gasteiger partial charge in [0, 0.05) is 12.6 Å². The molecule has 0 spiro atoms. The molecule has 2 nitrogen and oxygen atoms in total. The topological polar surface area (TPSA) is 52.0 Å². The fraction of sp³-hybridized carbons (Fsp3) is 0.333. The zero-order chi connectivity index (χ0) is 10.8. The van der Waals surface area contributed by atoms with E-state index in [4.69, 9.17) is 11.5 Å². The summed E-state index contributed by atoms with van der Waals surface area (Å²) in [4.78, 5) is 0. The van der Waals surface area contributed by atoms with Gasteiger partial charge in [0.25, 0.3) is 0 Å². The van der Waals surface area contributed by atoms with Crippen LogP contribution in [0.4, 0.5) is 13.2 Å². The third kappa shape index (κ3) is 2.46. The number of hydrogen-bond acceptors (Lipinski definition) is 2. The van der Waals surface area contributed by atoms with Gasteiger partial charge in [-0.1, -0.05) is 12.1 Å². The Morgan fingerprint density at radius 1 is 1.14 bits per heavy atom. The third-order valence-corrected chi connectivity index (χ3v) is 1.92. The maximum absolute atomic E-state index is 12.1. The van der Waals surface area contributed by atoms with Crippen LogP contribution in [0.25, 0.3) is 0 Å². The smallest absolute Gasteiger partial charge is 0.329 e. The molecule has 0 unspecified atom stereocenters. The molecule has 0 aliphatic rings. The van der Waals surface area contributed by atoms with Gasteiger partial charge in [-0.05, 0) is 17.7 Å². The van der Waals surface area contributed by atoms with Gasteiger partial charge in [0.05, 0.1) is 5.56 Å². The molecule has 1 aromatic carbocycles. The Balaban J connectivity index is 2.89. The average Bonchev–Trinajstić information content (AvgIpc) is 2.15. The summed E-state index contributed by atoms with van der Waals surface area (Å²) in [5, 5.41) is 0. The van der Waals surface area contributed by atoms with E-state index in [1.54, 1.807) is 0 Å². The normalized spacial score (nSPS) is 14.1. The molecule has 0 heterocycles. The highest BCUT2D eigenvalue weighted by atomic mass is 19.4. The molecule has 1 rings (SSSR count). The zero-order valence-corrected chi connectivity index (χ0v) is 7.38. The van der Waals surface area contributed by atoms with Crippen LogP contribution >= 0.6 is 0 Å². The number of hydrogen-bond donors (Lipinski definition) is 2. The van der Waals surface area contributed by atoms with Crippen molar-refractivity contribution in [3.63, 3.8) is 0 Å². The second kappa shape index (κ2) is 3.98. The third-order valence-electron chi connectivity index (χ3n) is 1.92. The van der Waals surface area contributed by atoms with E-state index >= 15 is 0 Å². The Bertz CT molecular complexity index is 292. The summed E-state index contributed by atoms with van der Waals surface area (Å²) in [5.41, 5.74) is 10.8. The van der Waals surface area contributed by atoms with Crippen LogP contribution < -0.4 is 11.5 Å². The predicted octanol–water partition coefficient (Wildman–Crippen LogP) is 1.66. The molecule has 0 aromatic heterocycles. The fourth-order valence-electron chi connectivity index (χ4n) is 1.06. The minimum atomic E-state index is -4.30. The lowest BCUT2D eigenvalue weighted by atomic mass is 10.1. The summed E-state index contributed by atoms with van der Waals surface area (Å²) >= 11 is 0. The zero-order valence-electron chi connectivity index (χ0n) is 7.38. The largest absolute Gasteiger partial charge is 0.416 e. The van der Waals surface area contributed by atoms with Gasteiger partial charge < -0.3 is 11.5 Å². The summed E-state index contributed by atoms with van der Waals surface area (Å²) in [6, 6.07) is 4.30. The Labute approximate surface area is 79.7 Å². The van der Waals surface area contributed by atoms with Crippen molar-refractivity contribution in [3.8, 4) is 0 Å². The Kier molecular flexibility index (Phi) is 3.13. The predicted molar refractivity (Wildman–Crippen MR) is 47.4 cm³/mol. The van der Waals surface area contributed by atoms with Gasteiger partial charge in [-0.2, -0.15) is 13.2 Å². The van der Waals surface area contributed by atoms with Crippen LogP contribution in [-0.4, -0.2) is 6.54 Å². The number of alkyl halides is 3. The first kappa shape index (κ1) is 11.0. The van der Waals surface area contributed by atoms with Crippen molar-refractivity contribution in [2.45, 2.75) is 12.2 Å². The summed E-state index contributed by atoms with van der Waals surface area (Å²) in [7, 11) is 0. The second-order valence-corrected chi connectivity index (χ2v) is 2.96. The molecule has 0 aliphatic carbocycles. The SMILES string of the molecule is NC[C@H](N)c1ccc(C(F)(F)F)cc1. The van der Waals surface area contributed by atoms with Crippen molar-refractivity contribution >= 4 is 0 Å². The lowest BCUT2D eigenvalue weighted by Crippen LogP contribution is -2.20. The molecule has 0 amide bonds. The molecule has 1 atom stereocenters. The van der Waals surface area contributed by atoms with E-state index in [9.17, 15) is 13.2 Å². The number of benzene rings is 1. The molecule has 5 heteroatoms. The molecule has 1 aromatic rings. The summed E-state index contributed by atoms with van der Waals surface area (Å²) in [6.45, 7) is 0.214. The van der Waals surface area contributed by atoms with E-state index in [0.29, 0.717) is 5.56 Å². The molecule has 4 N–H and O–H groups in total. The molecular formula is C9H11F3N2. The van der Waals surface area contributed by atoms with Crippen LogP contribution in [0.5, 0.6) is 0 Å². The van der Waals surface area contributed by atoms with Crippen molar-refractivity contribution < 1.29 is 13.2 Å². The van der Waals surface area contributed by atoms with E-state index in [1.807, 2.05) is 0 Å². The molecule has 0 saturated heterocycles. The van der Waals surface area contributed by atoms with E-state index in [-0.39, 0.29) is 6.54 Å². The molecule has 0 aliphatic heterocycles. The summed E-state index contributed by atoms with van der Waals surface area (Å²) < 4.78 is 36.4. The van der Waals surface area contributed by atoms with Crippen LogP contribution in [0.2, 0.25) is 0 Å². The number of rotatable bonds is 2. The second-order valence-electron chi connectivity index (χ2n) is 2.96. The van der Waals surface area contributed by atoms with Gasteiger partial charge in [-0.25, -0.2) is 0 Å². The highest BCUT2D eigenvalue weighted by Crippen LogP contribution is 2.29. The molecule has 0 saturated carbocycles. The molecule has 0 bridgehead atoms. The lowest BCUT2D eigenvalue weighted by Gasteiger charge is -2.11. The van der Waals surface area contributed by atoms with E-state index in [0.717, 1.165) is 12.1 Å².